The SMILES string of the molecule is Cc1nc(N)c2ccn([C@@H]3O[C@H](COCc4ccccc4)[C@@H](O)[C@H]3O)c2n1. The second kappa shape index (κ2) is 7.24. The first kappa shape index (κ1) is 17.9. The van der Waals surface area contributed by atoms with Crippen molar-refractivity contribution in [1.29, 1.82) is 0 Å². The first-order valence-electron chi connectivity index (χ1n) is 8.78. The fourth-order valence-corrected chi connectivity index (χ4v) is 3.34. The Hall–Kier alpha value is -2.52. The van der Waals surface area contributed by atoms with Crippen LogP contribution in [0.4, 0.5) is 5.82 Å². The summed E-state index contributed by atoms with van der Waals surface area (Å²) in [5, 5.41) is 21.5. The Morgan fingerprint density at radius 2 is 1.93 bits per heavy atom. The van der Waals surface area contributed by atoms with Gasteiger partial charge in [-0.3, -0.25) is 0 Å². The summed E-state index contributed by atoms with van der Waals surface area (Å²) in [5.41, 5.74) is 7.53. The molecule has 0 radical (unpaired) electrons. The largest absolute Gasteiger partial charge is 0.387 e. The zero-order valence-corrected chi connectivity index (χ0v) is 14.9. The Morgan fingerprint density at radius 1 is 1.15 bits per heavy atom. The van der Waals surface area contributed by atoms with E-state index in [2.05, 4.69) is 9.97 Å². The van der Waals surface area contributed by atoms with Crippen LogP contribution in [0, 0.1) is 6.92 Å². The van der Waals surface area contributed by atoms with Crippen molar-refractivity contribution >= 4 is 16.9 Å². The molecule has 1 fully saturated rings. The number of fused-ring (bicyclic) bond motifs is 1. The molecule has 4 atom stereocenters. The van der Waals surface area contributed by atoms with Gasteiger partial charge in [-0.05, 0) is 18.6 Å². The molecular weight excluding hydrogens is 348 g/mol. The quantitative estimate of drug-likeness (QED) is 0.617. The lowest BCUT2D eigenvalue weighted by Gasteiger charge is -2.17. The third-order valence-corrected chi connectivity index (χ3v) is 4.72. The summed E-state index contributed by atoms with van der Waals surface area (Å²) >= 11 is 0. The Bertz CT molecular complexity index is 930. The van der Waals surface area contributed by atoms with Gasteiger partial charge in [-0.1, -0.05) is 30.3 Å². The highest BCUT2D eigenvalue weighted by molar-refractivity contribution is 5.86. The summed E-state index contributed by atoms with van der Waals surface area (Å²) in [6.07, 6.45) is -1.88. The van der Waals surface area contributed by atoms with Crippen LogP contribution < -0.4 is 5.73 Å². The minimum atomic E-state index is -1.11. The van der Waals surface area contributed by atoms with Crippen molar-refractivity contribution in [1.82, 2.24) is 14.5 Å². The highest BCUT2D eigenvalue weighted by atomic mass is 16.6. The Kier molecular flexibility index (Phi) is 4.79. The summed E-state index contributed by atoms with van der Waals surface area (Å²) in [7, 11) is 0. The molecule has 1 aliphatic heterocycles. The van der Waals surface area contributed by atoms with Gasteiger partial charge < -0.3 is 30.0 Å². The standard InChI is InChI=1S/C19H22N4O4/c1-11-21-17(20)13-7-8-23(18(13)22-11)19-16(25)15(24)14(27-19)10-26-9-12-5-3-2-4-6-12/h2-8,14-16,19,24-25H,9-10H2,1H3,(H2,20,21,22)/t14-,15-,16-,19-/m1/s1. The van der Waals surface area contributed by atoms with E-state index in [0.29, 0.717) is 29.3 Å². The van der Waals surface area contributed by atoms with E-state index < -0.39 is 24.5 Å². The molecule has 2 aromatic heterocycles. The number of aliphatic hydroxyl groups is 2. The van der Waals surface area contributed by atoms with E-state index in [9.17, 15) is 10.2 Å². The molecule has 8 nitrogen and oxygen atoms in total. The van der Waals surface area contributed by atoms with E-state index in [1.165, 1.54) is 0 Å². The molecule has 8 heteroatoms. The molecule has 1 aromatic carbocycles. The second-order valence-electron chi connectivity index (χ2n) is 6.66. The molecule has 1 aliphatic rings. The van der Waals surface area contributed by atoms with E-state index in [0.717, 1.165) is 5.56 Å². The van der Waals surface area contributed by atoms with Crippen molar-refractivity contribution in [2.24, 2.45) is 0 Å². The Labute approximate surface area is 156 Å². The van der Waals surface area contributed by atoms with Crippen molar-refractivity contribution in [3.8, 4) is 0 Å². The number of nitrogen functional groups attached to an aromatic ring is 1. The van der Waals surface area contributed by atoms with Crippen molar-refractivity contribution in [3.63, 3.8) is 0 Å². The number of rotatable bonds is 5. The number of hydrogen-bond donors (Lipinski definition) is 3. The number of aryl methyl sites for hydroxylation is 1. The number of benzene rings is 1. The lowest BCUT2D eigenvalue weighted by atomic mass is 10.1. The Balaban J connectivity index is 1.49. The maximum absolute atomic E-state index is 10.5. The van der Waals surface area contributed by atoms with Crippen LogP contribution in [0.25, 0.3) is 11.0 Å². The lowest BCUT2D eigenvalue weighted by Crippen LogP contribution is -2.33. The number of aromatic nitrogens is 3. The smallest absolute Gasteiger partial charge is 0.164 e. The molecule has 0 bridgehead atoms. The molecule has 0 saturated carbocycles. The number of anilines is 1. The maximum atomic E-state index is 10.5. The van der Waals surface area contributed by atoms with Crippen molar-refractivity contribution < 1.29 is 19.7 Å². The van der Waals surface area contributed by atoms with Crippen LogP contribution in [-0.4, -0.2) is 49.7 Å². The first-order chi connectivity index (χ1) is 13.0. The van der Waals surface area contributed by atoms with Gasteiger partial charge in [0.05, 0.1) is 18.6 Å². The summed E-state index contributed by atoms with van der Waals surface area (Å²) in [6, 6.07) is 11.5. The predicted molar refractivity (Wildman–Crippen MR) is 98.7 cm³/mol. The van der Waals surface area contributed by atoms with E-state index >= 15 is 0 Å². The molecule has 4 rings (SSSR count). The fourth-order valence-electron chi connectivity index (χ4n) is 3.34. The normalized spacial score (nSPS) is 25.3. The average Bonchev–Trinajstić information content (AvgIpc) is 3.19. The number of ether oxygens (including phenoxy) is 2. The van der Waals surface area contributed by atoms with Crippen LogP contribution in [0.1, 0.15) is 17.6 Å². The molecule has 0 unspecified atom stereocenters. The number of aliphatic hydroxyl groups excluding tert-OH is 2. The van der Waals surface area contributed by atoms with Gasteiger partial charge in [-0.15, -0.1) is 0 Å². The average molecular weight is 370 g/mol. The minimum Gasteiger partial charge on any atom is -0.387 e. The van der Waals surface area contributed by atoms with Crippen molar-refractivity contribution in [3.05, 3.63) is 54.0 Å². The summed E-state index contributed by atoms with van der Waals surface area (Å²) in [4.78, 5) is 8.54. The number of nitrogens with zero attached hydrogens (tertiary/aromatic N) is 3. The molecule has 0 spiro atoms. The number of hydrogen-bond acceptors (Lipinski definition) is 7. The topological polar surface area (TPSA) is 116 Å². The van der Waals surface area contributed by atoms with Gasteiger partial charge in [0.25, 0.3) is 0 Å². The number of nitrogens with two attached hydrogens (primary N) is 1. The van der Waals surface area contributed by atoms with Crippen LogP contribution in [0.3, 0.4) is 0 Å². The molecule has 4 N–H and O–H groups in total. The van der Waals surface area contributed by atoms with Gasteiger partial charge in [0.1, 0.15) is 35.6 Å². The monoisotopic (exact) mass is 370 g/mol. The van der Waals surface area contributed by atoms with Crippen molar-refractivity contribution in [2.75, 3.05) is 12.3 Å². The molecule has 142 valence electrons. The zero-order valence-electron chi connectivity index (χ0n) is 14.9. The summed E-state index contributed by atoms with van der Waals surface area (Å²) < 4.78 is 13.2. The predicted octanol–water partition coefficient (Wildman–Crippen LogP) is 1.16. The third-order valence-electron chi connectivity index (χ3n) is 4.72. The molecule has 27 heavy (non-hydrogen) atoms. The van der Waals surface area contributed by atoms with Gasteiger partial charge in [0.15, 0.2) is 6.23 Å². The van der Waals surface area contributed by atoms with Crippen LogP contribution >= 0.6 is 0 Å². The highest BCUT2D eigenvalue weighted by Gasteiger charge is 2.44. The molecule has 3 heterocycles. The van der Waals surface area contributed by atoms with Gasteiger partial charge in [0.2, 0.25) is 0 Å². The summed E-state index contributed by atoms with van der Waals surface area (Å²) in [5.74, 6) is 0.891. The van der Waals surface area contributed by atoms with Crippen LogP contribution in [-0.2, 0) is 16.1 Å². The minimum absolute atomic E-state index is 0.166. The molecule has 0 aliphatic carbocycles. The molecule has 0 amide bonds. The summed E-state index contributed by atoms with van der Waals surface area (Å²) in [6.45, 7) is 2.32. The van der Waals surface area contributed by atoms with Crippen LogP contribution in [0.2, 0.25) is 0 Å². The lowest BCUT2D eigenvalue weighted by molar-refractivity contribution is -0.0681. The second-order valence-corrected chi connectivity index (χ2v) is 6.66. The van der Waals surface area contributed by atoms with E-state index in [1.807, 2.05) is 30.3 Å². The maximum Gasteiger partial charge on any atom is 0.164 e. The van der Waals surface area contributed by atoms with Gasteiger partial charge in [-0.2, -0.15) is 0 Å². The molecule has 3 aromatic rings. The zero-order chi connectivity index (χ0) is 19.0. The first-order valence-corrected chi connectivity index (χ1v) is 8.78. The Morgan fingerprint density at radius 3 is 2.70 bits per heavy atom. The molecule has 1 saturated heterocycles. The molecular formula is C19H22N4O4. The third kappa shape index (κ3) is 3.40. The van der Waals surface area contributed by atoms with Crippen molar-refractivity contribution in [2.45, 2.75) is 38.1 Å². The van der Waals surface area contributed by atoms with E-state index in [-0.39, 0.29) is 6.61 Å². The van der Waals surface area contributed by atoms with Gasteiger partial charge in [0, 0.05) is 6.20 Å². The highest BCUT2D eigenvalue weighted by Crippen LogP contribution is 2.33. The van der Waals surface area contributed by atoms with E-state index in [1.54, 1.807) is 23.8 Å². The van der Waals surface area contributed by atoms with Crippen LogP contribution in [0.5, 0.6) is 0 Å². The van der Waals surface area contributed by atoms with Gasteiger partial charge in [-0.25, -0.2) is 9.97 Å². The van der Waals surface area contributed by atoms with Crippen LogP contribution in [0.15, 0.2) is 42.6 Å². The fraction of sp³-hybridized carbons (Fsp3) is 0.368. The van der Waals surface area contributed by atoms with E-state index in [4.69, 9.17) is 15.2 Å². The van der Waals surface area contributed by atoms with Gasteiger partial charge >= 0.3 is 0 Å².